The molecule has 1 amide bonds. The van der Waals surface area contributed by atoms with Gasteiger partial charge in [0.1, 0.15) is 5.82 Å². The van der Waals surface area contributed by atoms with Gasteiger partial charge in [0.25, 0.3) is 0 Å². The van der Waals surface area contributed by atoms with Gasteiger partial charge in [0.05, 0.1) is 31.9 Å². The van der Waals surface area contributed by atoms with Gasteiger partial charge in [0, 0.05) is 37.9 Å². The minimum Gasteiger partial charge on any atom is -0.382 e. The predicted octanol–water partition coefficient (Wildman–Crippen LogP) is 3.21. The van der Waals surface area contributed by atoms with Crippen molar-refractivity contribution >= 4 is 5.91 Å². The monoisotopic (exact) mass is 397 g/mol. The molecule has 6 nitrogen and oxygen atoms in total. The molecule has 156 valence electrons. The second-order valence-electron chi connectivity index (χ2n) is 7.69. The zero-order chi connectivity index (χ0) is 20.6. The van der Waals surface area contributed by atoms with Crippen molar-refractivity contribution in [2.45, 2.75) is 45.6 Å². The highest BCUT2D eigenvalue weighted by Crippen LogP contribution is 2.29. The van der Waals surface area contributed by atoms with E-state index >= 15 is 0 Å². The third kappa shape index (κ3) is 6.08. The van der Waals surface area contributed by atoms with Crippen molar-refractivity contribution in [3.8, 4) is 0 Å². The number of methoxy groups -OCH3 is 1. The van der Waals surface area contributed by atoms with E-state index in [0.29, 0.717) is 32.2 Å². The zero-order valence-corrected chi connectivity index (χ0v) is 17.7. The molecule has 0 spiro atoms. The summed E-state index contributed by atoms with van der Waals surface area (Å²) in [5.74, 6) is 1.32. The number of rotatable bonds is 8. The van der Waals surface area contributed by atoms with Crippen LogP contribution in [0.3, 0.4) is 0 Å². The van der Waals surface area contributed by atoms with E-state index in [9.17, 15) is 4.79 Å². The number of aromatic nitrogens is 2. The minimum atomic E-state index is 0.205. The second kappa shape index (κ2) is 10.5. The third-order valence-electron chi connectivity index (χ3n) is 5.38. The summed E-state index contributed by atoms with van der Waals surface area (Å²) in [6.45, 7) is 7.12. The number of aryl methyl sites for hydroxylation is 2. The van der Waals surface area contributed by atoms with Gasteiger partial charge in [-0.15, -0.1) is 0 Å². The average Bonchev–Trinajstić information content (AvgIpc) is 2.72. The standard InChI is InChI=1S/C23H31N3O3/c1-17-5-4-6-19(13-17)14-22(27)26-9-7-20(8-10-26)23-21(15-24-18(2)25-23)16-29-12-11-28-3/h4-6,13,15,20H,7-12,14,16H2,1-3H3. The Morgan fingerprint density at radius 1 is 1.21 bits per heavy atom. The molecule has 0 atom stereocenters. The van der Waals surface area contributed by atoms with Gasteiger partial charge in [-0.05, 0) is 32.3 Å². The molecule has 0 N–H and O–H groups in total. The summed E-state index contributed by atoms with van der Waals surface area (Å²) in [6, 6.07) is 8.18. The van der Waals surface area contributed by atoms with Crippen LogP contribution >= 0.6 is 0 Å². The topological polar surface area (TPSA) is 64.6 Å². The summed E-state index contributed by atoms with van der Waals surface area (Å²) < 4.78 is 10.7. The van der Waals surface area contributed by atoms with E-state index in [4.69, 9.17) is 14.5 Å². The SMILES string of the molecule is COCCOCc1cnc(C)nc1C1CCN(C(=O)Cc2cccc(C)c2)CC1. The van der Waals surface area contributed by atoms with E-state index in [1.54, 1.807) is 7.11 Å². The normalized spacial score (nSPS) is 14.9. The number of likely N-dealkylation sites (tertiary alicyclic amines) is 1. The summed E-state index contributed by atoms with van der Waals surface area (Å²) in [6.07, 6.45) is 4.18. The molecular formula is C23H31N3O3. The predicted molar refractivity (Wildman–Crippen MR) is 112 cm³/mol. The highest BCUT2D eigenvalue weighted by molar-refractivity contribution is 5.79. The fourth-order valence-corrected chi connectivity index (χ4v) is 3.81. The fraction of sp³-hybridized carbons (Fsp3) is 0.522. The molecule has 1 saturated heterocycles. The van der Waals surface area contributed by atoms with Crippen LogP contribution in [0.2, 0.25) is 0 Å². The highest BCUT2D eigenvalue weighted by atomic mass is 16.5. The lowest BCUT2D eigenvalue weighted by Crippen LogP contribution is -2.39. The molecule has 6 heteroatoms. The van der Waals surface area contributed by atoms with Crippen LogP contribution in [0.5, 0.6) is 0 Å². The first-order valence-corrected chi connectivity index (χ1v) is 10.3. The molecule has 0 aliphatic carbocycles. The largest absolute Gasteiger partial charge is 0.382 e. The zero-order valence-electron chi connectivity index (χ0n) is 17.7. The number of benzene rings is 1. The molecule has 2 aromatic rings. The molecule has 1 aromatic heterocycles. The molecule has 1 aromatic carbocycles. The molecule has 1 aliphatic rings. The van der Waals surface area contributed by atoms with Crippen molar-refractivity contribution < 1.29 is 14.3 Å². The van der Waals surface area contributed by atoms with E-state index in [1.807, 2.05) is 30.2 Å². The minimum absolute atomic E-state index is 0.205. The lowest BCUT2D eigenvalue weighted by molar-refractivity contribution is -0.131. The number of hydrogen-bond acceptors (Lipinski definition) is 5. The highest BCUT2D eigenvalue weighted by Gasteiger charge is 2.26. The van der Waals surface area contributed by atoms with Crippen molar-refractivity contribution in [3.05, 3.63) is 58.7 Å². The maximum absolute atomic E-state index is 12.7. The van der Waals surface area contributed by atoms with Crippen molar-refractivity contribution in [3.63, 3.8) is 0 Å². The molecule has 29 heavy (non-hydrogen) atoms. The lowest BCUT2D eigenvalue weighted by atomic mass is 9.90. The second-order valence-corrected chi connectivity index (χ2v) is 7.69. The van der Waals surface area contributed by atoms with Gasteiger partial charge in [-0.3, -0.25) is 4.79 Å². The number of carbonyl (C=O) groups excluding carboxylic acids is 1. The molecule has 0 radical (unpaired) electrons. The number of piperidine rings is 1. The van der Waals surface area contributed by atoms with E-state index in [1.165, 1.54) is 5.56 Å². The van der Waals surface area contributed by atoms with Crippen molar-refractivity contribution in [2.24, 2.45) is 0 Å². The summed E-state index contributed by atoms with van der Waals surface area (Å²) in [7, 11) is 1.66. The Hall–Kier alpha value is -2.31. The van der Waals surface area contributed by atoms with Crippen molar-refractivity contribution in [1.82, 2.24) is 14.9 Å². The molecule has 0 bridgehead atoms. The molecular weight excluding hydrogens is 366 g/mol. The number of ether oxygens (including phenoxy) is 2. The van der Waals surface area contributed by atoms with Crippen LogP contribution in [-0.2, 0) is 27.3 Å². The first kappa shape index (κ1) is 21.4. The molecule has 3 rings (SSSR count). The van der Waals surface area contributed by atoms with E-state index in [2.05, 4.69) is 24.0 Å². The summed E-state index contributed by atoms with van der Waals surface area (Å²) in [5.41, 5.74) is 4.38. The van der Waals surface area contributed by atoms with Crippen LogP contribution in [0.1, 0.15) is 47.0 Å². The van der Waals surface area contributed by atoms with Gasteiger partial charge in [-0.2, -0.15) is 0 Å². The molecule has 0 unspecified atom stereocenters. The van der Waals surface area contributed by atoms with Crippen LogP contribution in [0, 0.1) is 13.8 Å². The Kier molecular flexibility index (Phi) is 7.72. The number of hydrogen-bond donors (Lipinski definition) is 0. The van der Waals surface area contributed by atoms with Crippen molar-refractivity contribution in [1.29, 1.82) is 0 Å². The van der Waals surface area contributed by atoms with Crippen LogP contribution < -0.4 is 0 Å². The van der Waals surface area contributed by atoms with Crippen LogP contribution in [0.4, 0.5) is 0 Å². The van der Waals surface area contributed by atoms with Gasteiger partial charge in [-0.25, -0.2) is 9.97 Å². The van der Waals surface area contributed by atoms with E-state index in [0.717, 1.165) is 48.6 Å². The number of amides is 1. The number of nitrogens with zero attached hydrogens (tertiary/aromatic N) is 3. The van der Waals surface area contributed by atoms with Gasteiger partial charge >= 0.3 is 0 Å². The van der Waals surface area contributed by atoms with Gasteiger partial charge < -0.3 is 14.4 Å². The Morgan fingerprint density at radius 2 is 2.00 bits per heavy atom. The number of carbonyl (C=O) groups is 1. The smallest absolute Gasteiger partial charge is 0.226 e. The first-order chi connectivity index (χ1) is 14.1. The van der Waals surface area contributed by atoms with Gasteiger partial charge in [0.15, 0.2) is 0 Å². The average molecular weight is 398 g/mol. The summed E-state index contributed by atoms with van der Waals surface area (Å²) in [5, 5.41) is 0. The molecule has 1 aliphatic heterocycles. The van der Waals surface area contributed by atoms with E-state index < -0.39 is 0 Å². The van der Waals surface area contributed by atoms with Crippen LogP contribution in [0.25, 0.3) is 0 Å². The Morgan fingerprint density at radius 3 is 2.72 bits per heavy atom. The Labute approximate surface area is 173 Å². The molecule has 2 heterocycles. The first-order valence-electron chi connectivity index (χ1n) is 10.3. The Balaban J connectivity index is 1.58. The summed E-state index contributed by atoms with van der Waals surface area (Å²) in [4.78, 5) is 23.8. The summed E-state index contributed by atoms with van der Waals surface area (Å²) >= 11 is 0. The maximum atomic E-state index is 12.7. The van der Waals surface area contributed by atoms with Gasteiger partial charge in [-0.1, -0.05) is 29.8 Å². The van der Waals surface area contributed by atoms with E-state index in [-0.39, 0.29) is 5.91 Å². The fourth-order valence-electron chi connectivity index (χ4n) is 3.81. The van der Waals surface area contributed by atoms with Crippen LogP contribution in [-0.4, -0.2) is 54.2 Å². The Bertz CT molecular complexity index is 817. The maximum Gasteiger partial charge on any atom is 0.226 e. The quantitative estimate of drug-likeness (QED) is 0.640. The third-order valence-corrected chi connectivity index (χ3v) is 5.38. The van der Waals surface area contributed by atoms with Crippen LogP contribution in [0.15, 0.2) is 30.5 Å². The van der Waals surface area contributed by atoms with Gasteiger partial charge in [0.2, 0.25) is 5.91 Å². The lowest BCUT2D eigenvalue weighted by Gasteiger charge is -2.32. The molecule has 1 fully saturated rings. The van der Waals surface area contributed by atoms with Crippen molar-refractivity contribution in [2.75, 3.05) is 33.4 Å². The molecule has 0 saturated carbocycles.